The molecule has 25 heavy (non-hydrogen) atoms. The molecule has 2 N–H and O–H groups in total. The Labute approximate surface area is 165 Å². The first kappa shape index (κ1) is 20.3. The molecule has 0 heterocycles. The fraction of sp³-hybridized carbons (Fsp3) is 0.133. The molecule has 134 valence electrons. The van der Waals surface area contributed by atoms with E-state index in [9.17, 15) is 13.2 Å². The number of anilines is 1. The molecule has 1 amide bonds. The Bertz CT molecular complexity index is 902. The van der Waals surface area contributed by atoms with Gasteiger partial charge in [0.05, 0.1) is 31.7 Å². The van der Waals surface area contributed by atoms with Gasteiger partial charge in [-0.25, -0.2) is 8.42 Å². The van der Waals surface area contributed by atoms with E-state index in [1.165, 1.54) is 43.3 Å². The number of sulfonamides is 1. The third kappa shape index (κ3) is 5.23. The molecule has 2 aromatic rings. The molecule has 0 unspecified atom stereocenters. The van der Waals surface area contributed by atoms with E-state index >= 15 is 0 Å². The van der Waals surface area contributed by atoms with Crippen LogP contribution in [0.25, 0.3) is 0 Å². The van der Waals surface area contributed by atoms with Gasteiger partial charge in [0, 0.05) is 5.02 Å². The van der Waals surface area contributed by atoms with Crippen LogP contribution in [-0.4, -0.2) is 20.4 Å². The molecule has 0 saturated heterocycles. The number of hydrogen-bond donors (Lipinski definition) is 2. The lowest BCUT2D eigenvalue weighted by atomic mass is 10.3. The molecule has 2 aromatic carbocycles. The van der Waals surface area contributed by atoms with Gasteiger partial charge >= 0.3 is 0 Å². The quantitative estimate of drug-likeness (QED) is 0.665. The number of halogens is 4. The first-order valence-electron chi connectivity index (χ1n) is 6.83. The smallest absolute Gasteiger partial charge is 0.242 e. The van der Waals surface area contributed by atoms with Crippen molar-refractivity contribution in [3.63, 3.8) is 0 Å². The zero-order valence-electron chi connectivity index (χ0n) is 12.7. The maximum atomic E-state index is 12.3. The molecular formula is C15H12Cl4N2O3S. The summed E-state index contributed by atoms with van der Waals surface area (Å²) in [4.78, 5) is 12.2. The van der Waals surface area contributed by atoms with Gasteiger partial charge in [0.2, 0.25) is 15.9 Å². The van der Waals surface area contributed by atoms with Gasteiger partial charge in [-0.1, -0.05) is 46.4 Å². The topological polar surface area (TPSA) is 75.3 Å². The number of rotatable bonds is 5. The highest BCUT2D eigenvalue weighted by molar-refractivity contribution is 7.89. The van der Waals surface area contributed by atoms with Crippen molar-refractivity contribution in [2.24, 2.45) is 0 Å². The summed E-state index contributed by atoms with van der Waals surface area (Å²) in [6, 6.07) is 7.25. The summed E-state index contributed by atoms with van der Waals surface area (Å²) in [7, 11) is -3.89. The number of hydrogen-bond acceptors (Lipinski definition) is 3. The molecule has 0 aliphatic rings. The number of benzene rings is 2. The van der Waals surface area contributed by atoms with Crippen LogP contribution >= 0.6 is 46.4 Å². The van der Waals surface area contributed by atoms with Crippen molar-refractivity contribution >= 4 is 68.0 Å². The molecule has 0 fully saturated rings. The normalized spacial score (nSPS) is 12.7. The Morgan fingerprint density at radius 1 is 0.960 bits per heavy atom. The van der Waals surface area contributed by atoms with Crippen molar-refractivity contribution in [1.82, 2.24) is 4.72 Å². The summed E-state index contributed by atoms with van der Waals surface area (Å²) in [5.74, 6) is -0.613. The fourth-order valence-corrected chi connectivity index (χ4v) is 3.75. The molecule has 1 atom stereocenters. The van der Waals surface area contributed by atoms with Crippen molar-refractivity contribution in [1.29, 1.82) is 0 Å². The Kier molecular flexibility index (Phi) is 6.59. The van der Waals surface area contributed by atoms with Crippen LogP contribution in [0, 0.1) is 0 Å². The van der Waals surface area contributed by atoms with E-state index < -0.39 is 22.0 Å². The minimum atomic E-state index is -3.89. The van der Waals surface area contributed by atoms with Gasteiger partial charge in [0.25, 0.3) is 0 Å². The van der Waals surface area contributed by atoms with Crippen molar-refractivity contribution in [3.8, 4) is 0 Å². The monoisotopic (exact) mass is 440 g/mol. The second kappa shape index (κ2) is 8.12. The summed E-state index contributed by atoms with van der Waals surface area (Å²) in [5.41, 5.74) is 0.221. The third-order valence-electron chi connectivity index (χ3n) is 3.12. The van der Waals surface area contributed by atoms with Gasteiger partial charge in [0.1, 0.15) is 0 Å². The lowest BCUT2D eigenvalue weighted by Crippen LogP contribution is -2.41. The van der Waals surface area contributed by atoms with Crippen LogP contribution in [0.1, 0.15) is 6.92 Å². The molecule has 0 radical (unpaired) electrons. The predicted molar refractivity (Wildman–Crippen MR) is 101 cm³/mol. The molecule has 0 aliphatic heterocycles. The lowest BCUT2D eigenvalue weighted by molar-refractivity contribution is -0.117. The minimum absolute atomic E-state index is 0.0101. The average molecular weight is 442 g/mol. The molecule has 10 heteroatoms. The third-order valence-corrected chi connectivity index (χ3v) is 5.96. The predicted octanol–water partition coefficient (Wildman–Crippen LogP) is 4.61. The van der Waals surface area contributed by atoms with Gasteiger partial charge in [-0.15, -0.1) is 0 Å². The fourth-order valence-electron chi connectivity index (χ4n) is 1.83. The van der Waals surface area contributed by atoms with Gasteiger partial charge in [-0.05, 0) is 43.3 Å². The second-order valence-corrected chi connectivity index (χ2v) is 8.40. The van der Waals surface area contributed by atoms with Crippen molar-refractivity contribution < 1.29 is 13.2 Å². The van der Waals surface area contributed by atoms with Gasteiger partial charge in [0.15, 0.2) is 0 Å². The summed E-state index contributed by atoms with van der Waals surface area (Å²) in [6.45, 7) is 1.40. The molecule has 0 aliphatic carbocycles. The van der Waals surface area contributed by atoms with Crippen LogP contribution in [0.2, 0.25) is 20.1 Å². The highest BCUT2D eigenvalue weighted by Crippen LogP contribution is 2.32. The number of carbonyl (C=O) groups is 1. The molecule has 2 rings (SSSR count). The van der Waals surface area contributed by atoms with E-state index in [-0.39, 0.29) is 25.7 Å². The highest BCUT2D eigenvalue weighted by atomic mass is 35.5. The van der Waals surface area contributed by atoms with Crippen molar-refractivity contribution in [2.75, 3.05) is 5.32 Å². The van der Waals surface area contributed by atoms with Crippen LogP contribution in [0.15, 0.2) is 41.3 Å². The highest BCUT2D eigenvalue weighted by Gasteiger charge is 2.22. The van der Waals surface area contributed by atoms with Gasteiger partial charge in [-0.2, -0.15) is 4.72 Å². The standard InChI is InChI=1S/C15H12Cl4N2O3S/c1-8(21-25(23,24)10-4-2-9(16)3-5-10)15(22)20-14-7-12(18)11(17)6-13(14)19/h2-8,21H,1H3,(H,20,22)/t8-/m1/s1. The second-order valence-electron chi connectivity index (χ2n) is 5.03. The summed E-state index contributed by atoms with van der Waals surface area (Å²) >= 11 is 23.4. The summed E-state index contributed by atoms with van der Waals surface area (Å²) in [6.07, 6.45) is 0. The molecule has 0 aromatic heterocycles. The van der Waals surface area contributed by atoms with Crippen LogP contribution in [0.3, 0.4) is 0 Å². The zero-order chi connectivity index (χ0) is 18.8. The maximum Gasteiger partial charge on any atom is 0.242 e. The van der Waals surface area contributed by atoms with Gasteiger partial charge in [-0.3, -0.25) is 4.79 Å². The Morgan fingerprint density at radius 2 is 1.52 bits per heavy atom. The average Bonchev–Trinajstić information content (AvgIpc) is 2.52. The number of amides is 1. The Balaban J connectivity index is 2.12. The van der Waals surface area contributed by atoms with E-state index in [1.807, 2.05) is 0 Å². The largest absolute Gasteiger partial charge is 0.323 e. The minimum Gasteiger partial charge on any atom is -0.323 e. The zero-order valence-corrected chi connectivity index (χ0v) is 16.5. The molecule has 0 bridgehead atoms. The van der Waals surface area contributed by atoms with Crippen LogP contribution in [0.5, 0.6) is 0 Å². The van der Waals surface area contributed by atoms with E-state index in [1.54, 1.807) is 0 Å². The lowest BCUT2D eigenvalue weighted by Gasteiger charge is -2.15. The summed E-state index contributed by atoms with van der Waals surface area (Å²) < 4.78 is 26.8. The number of carbonyl (C=O) groups excluding carboxylic acids is 1. The van der Waals surface area contributed by atoms with E-state index in [0.29, 0.717) is 5.02 Å². The van der Waals surface area contributed by atoms with Crippen molar-refractivity contribution in [3.05, 3.63) is 56.5 Å². The molecule has 0 saturated carbocycles. The van der Waals surface area contributed by atoms with E-state index in [2.05, 4.69) is 10.0 Å². The van der Waals surface area contributed by atoms with Crippen molar-refractivity contribution in [2.45, 2.75) is 17.9 Å². The summed E-state index contributed by atoms with van der Waals surface area (Å²) in [5, 5.41) is 3.52. The first-order chi connectivity index (χ1) is 11.6. The number of nitrogens with one attached hydrogen (secondary N) is 2. The van der Waals surface area contributed by atoms with Crippen LogP contribution in [-0.2, 0) is 14.8 Å². The van der Waals surface area contributed by atoms with E-state index in [4.69, 9.17) is 46.4 Å². The molecule has 0 spiro atoms. The Morgan fingerprint density at radius 3 is 2.12 bits per heavy atom. The van der Waals surface area contributed by atoms with Gasteiger partial charge < -0.3 is 5.32 Å². The first-order valence-corrected chi connectivity index (χ1v) is 9.83. The SMILES string of the molecule is C[C@@H](NS(=O)(=O)c1ccc(Cl)cc1)C(=O)Nc1cc(Cl)c(Cl)cc1Cl. The van der Waals surface area contributed by atoms with E-state index in [0.717, 1.165) is 0 Å². The molecule has 5 nitrogen and oxygen atoms in total. The Hall–Kier alpha value is -1.02. The molecular weight excluding hydrogens is 430 g/mol. The van der Waals surface area contributed by atoms with Crippen LogP contribution in [0.4, 0.5) is 5.69 Å². The maximum absolute atomic E-state index is 12.3. The van der Waals surface area contributed by atoms with Crippen LogP contribution < -0.4 is 10.0 Å².